The Morgan fingerprint density at radius 1 is 0.680 bits per heavy atom. The average molecular weight is 1380 g/mol. The smallest absolute Gasteiger partial charge is 0.506 e. The lowest BCUT2D eigenvalue weighted by Crippen LogP contribution is -2.20. The second-order valence-electron chi connectivity index (χ2n) is 23.7. The maximum Gasteiger partial charge on any atom is 0.519 e. The molecule has 1 aromatic heterocycles. The van der Waals surface area contributed by atoms with E-state index < -0.39 is 23.8 Å². The number of carboxylic acids is 1. The molecule has 0 radical (unpaired) electrons. The largest absolute Gasteiger partial charge is 0.519 e. The number of aliphatic carboxylic acids is 1. The highest BCUT2D eigenvalue weighted by Crippen LogP contribution is 2.39. The monoisotopic (exact) mass is 1370 g/mol. The third-order valence-corrected chi connectivity index (χ3v) is 16.7. The molecule has 7 rings (SSSR count). The molecule has 1 aliphatic rings. The number of furan rings is 1. The predicted molar refractivity (Wildman–Crippen MR) is 402 cm³/mol. The number of aromatic hydroxyl groups is 1. The number of nitrogens with zero attached hydrogens (tertiary/aromatic N) is 5. The van der Waals surface area contributed by atoms with Crippen molar-refractivity contribution in [2.24, 2.45) is 0 Å². The molecule has 1 aliphatic heterocycles. The summed E-state index contributed by atoms with van der Waals surface area (Å²) in [5.74, 6) is 0.0890. The number of unbranched alkanes of at least 4 members (excludes halogenated alkanes) is 15. The summed E-state index contributed by atoms with van der Waals surface area (Å²) in [6.07, 6.45) is 33.5. The van der Waals surface area contributed by atoms with Gasteiger partial charge in [0, 0.05) is 46.8 Å². The van der Waals surface area contributed by atoms with Crippen LogP contribution in [0.4, 0.5) is 5.69 Å². The number of aryl methyl sites for hydroxylation is 2. The van der Waals surface area contributed by atoms with Crippen molar-refractivity contribution in [3.8, 4) is 17.2 Å². The van der Waals surface area contributed by atoms with Crippen LogP contribution in [0.15, 0.2) is 166 Å². The maximum absolute atomic E-state index is 13.4. The van der Waals surface area contributed by atoms with Crippen molar-refractivity contribution >= 4 is 69.8 Å². The lowest BCUT2D eigenvalue weighted by molar-refractivity contribution is -0.139. The Labute approximate surface area is 596 Å². The number of carboxylic acid groups (broad SMARTS) is 1. The van der Waals surface area contributed by atoms with E-state index in [-0.39, 0.29) is 34.9 Å². The molecule has 17 nitrogen and oxygen atoms in total. The quantitative estimate of drug-likeness (QED) is 0.00834. The number of fused-ring (bicyclic) bond motifs is 1. The molecule has 0 spiro atoms. The highest BCUT2D eigenvalue weighted by atomic mass is 32.2. The number of esters is 2. The highest BCUT2D eigenvalue weighted by Gasteiger charge is 2.32. The molecule has 3 N–H and O–H groups in total. The Hall–Kier alpha value is -10.3. The van der Waals surface area contributed by atoms with E-state index in [4.69, 9.17) is 54.8 Å². The third-order valence-electron chi connectivity index (χ3n) is 15.6. The van der Waals surface area contributed by atoms with Crippen LogP contribution in [-0.4, -0.2) is 78.1 Å². The molecular formula is C82H98N6O11S. The zero-order valence-electron chi connectivity index (χ0n) is 59.2. The molecule has 0 unspecified atom stereocenters. The second kappa shape index (κ2) is 48.4. The van der Waals surface area contributed by atoms with E-state index in [1.54, 1.807) is 73.9 Å². The van der Waals surface area contributed by atoms with Gasteiger partial charge in [0.25, 0.3) is 17.3 Å². The minimum atomic E-state index is -0.877. The van der Waals surface area contributed by atoms with Crippen molar-refractivity contribution < 1.29 is 52.8 Å². The summed E-state index contributed by atoms with van der Waals surface area (Å²) in [4.78, 5) is 63.7. The highest BCUT2D eigenvalue weighted by molar-refractivity contribution is 7.99. The van der Waals surface area contributed by atoms with Crippen molar-refractivity contribution in [2.75, 3.05) is 44.5 Å². The van der Waals surface area contributed by atoms with Gasteiger partial charge in [0.05, 0.1) is 57.4 Å². The van der Waals surface area contributed by atoms with Crippen molar-refractivity contribution in [3.63, 3.8) is 0 Å². The van der Waals surface area contributed by atoms with Crippen molar-refractivity contribution in [2.45, 2.75) is 175 Å². The molecule has 5 aromatic carbocycles. The Balaban J connectivity index is 0.000000302. The van der Waals surface area contributed by atoms with Gasteiger partial charge in [-0.1, -0.05) is 196 Å². The van der Waals surface area contributed by atoms with Gasteiger partial charge in [-0.3, -0.25) is 19.2 Å². The third kappa shape index (κ3) is 30.2. The molecule has 0 saturated heterocycles. The second-order valence-corrected chi connectivity index (χ2v) is 24.8. The van der Waals surface area contributed by atoms with Crippen LogP contribution in [0.3, 0.4) is 0 Å². The van der Waals surface area contributed by atoms with Crippen LogP contribution in [-0.2, 0) is 23.9 Å². The number of benzene rings is 5. The number of phenolic OH excluding ortho intramolecular Hbond substituents is 1. The fourth-order valence-electron chi connectivity index (χ4n) is 10.2. The van der Waals surface area contributed by atoms with Gasteiger partial charge in [0.15, 0.2) is 0 Å². The zero-order valence-corrected chi connectivity index (χ0v) is 60.1. The predicted octanol–water partition coefficient (Wildman–Crippen LogP) is 21.3. The van der Waals surface area contributed by atoms with Crippen LogP contribution >= 0.6 is 11.8 Å². The van der Waals surface area contributed by atoms with Crippen LogP contribution in [0, 0.1) is 40.1 Å². The maximum atomic E-state index is 13.4. The Morgan fingerprint density at radius 3 is 1.86 bits per heavy atom. The zero-order chi connectivity index (χ0) is 72.7. The number of hydrogen-bond donors (Lipinski definition) is 3. The van der Waals surface area contributed by atoms with Gasteiger partial charge in [-0.25, -0.2) is 9.69 Å². The normalized spacial score (nSPS) is 11.8. The molecular weight excluding hydrogens is 1280 g/mol. The summed E-state index contributed by atoms with van der Waals surface area (Å²) < 4.78 is 26.5. The van der Waals surface area contributed by atoms with Gasteiger partial charge < -0.3 is 43.8 Å². The number of carbonyl (C=O) groups excluding carboxylic acids is 3. The summed E-state index contributed by atoms with van der Waals surface area (Å²) in [7, 11) is 1.58. The Kier molecular flexibility index (Phi) is 39.8. The molecule has 0 bridgehead atoms. The fraction of sp³-hybridized carbons (Fsp3) is 0.390. The van der Waals surface area contributed by atoms with Crippen LogP contribution in [0.1, 0.15) is 194 Å². The molecule has 0 atom stereocenters. The molecule has 6 aromatic rings. The topological polar surface area (TPSA) is 192 Å². The number of anilines is 1. The molecule has 0 aliphatic carbocycles. The first kappa shape index (κ1) is 82.2. The molecule has 0 fully saturated rings. The number of thioether (sulfide) groups is 1. The first-order valence-electron chi connectivity index (χ1n) is 34.7. The summed E-state index contributed by atoms with van der Waals surface area (Å²) in [6.45, 7) is 43.5. The molecule has 1 amide bonds. The van der Waals surface area contributed by atoms with Crippen molar-refractivity contribution in [1.29, 1.82) is 0 Å². The summed E-state index contributed by atoms with van der Waals surface area (Å²) >= 11 is 1.36. The van der Waals surface area contributed by atoms with Gasteiger partial charge in [0.1, 0.15) is 41.9 Å². The lowest BCUT2D eigenvalue weighted by atomic mass is 10.0. The number of cyclic esters (lactones) is 1. The number of phenols is 1. The first-order valence-corrected chi connectivity index (χ1v) is 35.7. The summed E-state index contributed by atoms with van der Waals surface area (Å²) in [5.41, 5.74) is 4.80. The summed E-state index contributed by atoms with van der Waals surface area (Å²) in [5, 5.41) is 24.3. The van der Waals surface area contributed by atoms with E-state index in [0.717, 1.165) is 70.6 Å². The number of allylic oxidation sites excluding steroid dienone is 3. The Morgan fingerprint density at radius 2 is 1.29 bits per heavy atom. The van der Waals surface area contributed by atoms with E-state index in [1.165, 1.54) is 127 Å². The fourth-order valence-corrected chi connectivity index (χ4v) is 11.2. The molecule has 100 heavy (non-hydrogen) atoms. The van der Waals surface area contributed by atoms with E-state index in [9.17, 15) is 24.3 Å². The number of nitrogens with one attached hydrogen (secondary N) is 1. The SMILES string of the molecule is CCCCCCCCCCCCOc1ccc(C)cc1NC(=O)c1cc(SCCC(=O)O)c2ccccc2c1O.[C-]#[N+]/C(=C\c1ccc(OC)cc1)C(=O)OCCC.[C-]#[N+]C(=C/C=C\N(CCCCCC)CCCCCC)[N+]#[C-].[C-]#[N+]C1=C(c2ccc(C)cc2)C(=Cc2ccco2)OC1=O. The van der Waals surface area contributed by atoms with Gasteiger partial charge in [-0.05, 0) is 122 Å². The standard InChI is InChI=1S/C33H43NO5S.C18H29N3.C17H11NO3.C14H15NO3/c1-3-4-5-6-7-8-9-10-11-14-20-39-29-18-17-24(2)22-28(29)34-33(38)27-23-30(40-21-19-31(35)36)25-15-12-13-16-26(25)32(27)37;1-5-7-9-11-15-21(16-12-10-8-6-2)17-13-14-18(19-3)20-4;1-11-5-7-12(8-6-11)15-14(10-13-4-3-9-20-13)21-17(19)16(15)18-2;1-4-9-18-14(16)13(15-2)10-11-5-7-12(17-3)8-6-11/h12-13,15-18,22-23,37H,3-11,14,19-21H2,1-2H3,(H,34,38)(H,35,36);13-14,17H,5-12,15-16H2,1-2H3;3-10H,1H3;5-8,10H,4,9H2,1,3H3/b;17-13-;;13-10-. The van der Waals surface area contributed by atoms with Gasteiger partial charge in [-0.15, -0.1) is 11.8 Å². The van der Waals surface area contributed by atoms with Crippen LogP contribution < -0.4 is 14.8 Å². The number of methoxy groups -OCH3 is 1. The van der Waals surface area contributed by atoms with E-state index >= 15 is 0 Å². The number of hydrogen-bond acceptors (Lipinski definition) is 12. The first-order chi connectivity index (χ1) is 48.6. The van der Waals surface area contributed by atoms with E-state index in [0.29, 0.717) is 52.9 Å². The minimum absolute atomic E-state index is 0.00309. The van der Waals surface area contributed by atoms with E-state index in [2.05, 4.69) is 50.4 Å². The van der Waals surface area contributed by atoms with Crippen LogP contribution in [0.5, 0.6) is 17.2 Å². The molecule has 18 heteroatoms. The van der Waals surface area contributed by atoms with E-state index in [1.807, 2.05) is 87.6 Å². The van der Waals surface area contributed by atoms with Crippen molar-refractivity contribution in [1.82, 2.24) is 4.90 Å². The van der Waals surface area contributed by atoms with Gasteiger partial charge in [0.2, 0.25) is 0 Å². The molecule has 0 saturated carbocycles. The van der Waals surface area contributed by atoms with Crippen LogP contribution in [0.25, 0.3) is 47.9 Å². The number of ether oxygens (including phenoxy) is 4. The van der Waals surface area contributed by atoms with Gasteiger partial charge >= 0.3 is 23.7 Å². The Bertz CT molecular complexity index is 3830. The number of carbonyl (C=O) groups is 4. The number of amides is 1. The van der Waals surface area contributed by atoms with Crippen LogP contribution in [0.2, 0.25) is 0 Å². The minimum Gasteiger partial charge on any atom is -0.506 e. The van der Waals surface area contributed by atoms with Gasteiger partial charge in [-0.2, -0.15) is 9.69 Å². The number of rotatable bonds is 37. The average Bonchev–Trinajstić information content (AvgIpc) is 1.13. The molecule has 528 valence electrons. The lowest BCUT2D eigenvalue weighted by Gasteiger charge is -2.20. The van der Waals surface area contributed by atoms with Crippen molar-refractivity contribution in [3.05, 3.63) is 236 Å². The molecule has 2 heterocycles. The summed E-state index contributed by atoms with van der Waals surface area (Å²) in [6, 6.07) is 32.8.